The van der Waals surface area contributed by atoms with E-state index >= 15 is 0 Å². The lowest BCUT2D eigenvalue weighted by Gasteiger charge is -2.16. The lowest BCUT2D eigenvalue weighted by Crippen LogP contribution is -2.31. The highest BCUT2D eigenvalue weighted by atomic mass is 79.9. The highest BCUT2D eigenvalue weighted by Crippen LogP contribution is 2.35. The minimum absolute atomic E-state index is 0.0509. The minimum atomic E-state index is -0.989. The van der Waals surface area contributed by atoms with Crippen molar-refractivity contribution in [1.29, 1.82) is 5.26 Å². The molecule has 2 rings (SSSR count). The number of carbonyl (C=O) groups is 1. The predicted octanol–water partition coefficient (Wildman–Crippen LogP) is 2.73. The minimum Gasteiger partial charge on any atom is -0.480 e. The molecular weight excluding hydrogens is 303 g/mol. The summed E-state index contributed by atoms with van der Waals surface area (Å²) in [5, 5.41) is 20.5. The number of benzene rings is 1. The molecule has 1 aromatic carbocycles. The number of halogens is 2. The second-order valence-corrected chi connectivity index (χ2v) is 4.99. The maximum absolute atomic E-state index is 13.9. The van der Waals surface area contributed by atoms with E-state index in [0.29, 0.717) is 0 Å². The van der Waals surface area contributed by atoms with Crippen LogP contribution >= 0.6 is 15.9 Å². The highest BCUT2D eigenvalue weighted by molar-refractivity contribution is 9.10. The van der Waals surface area contributed by atoms with Gasteiger partial charge >= 0.3 is 5.97 Å². The number of carboxylic acid groups (broad SMARTS) is 1. The van der Waals surface area contributed by atoms with Gasteiger partial charge in [-0.2, -0.15) is 5.26 Å². The normalized spacial score (nSPS) is 15.8. The van der Waals surface area contributed by atoms with E-state index in [1.54, 1.807) is 0 Å². The molecule has 0 heterocycles. The highest BCUT2D eigenvalue weighted by Gasteiger charge is 2.36. The molecule has 94 valence electrons. The molecule has 1 saturated carbocycles. The Labute approximate surface area is 112 Å². The van der Waals surface area contributed by atoms with Crippen molar-refractivity contribution in [2.45, 2.75) is 18.9 Å². The number of aliphatic carboxylic acids is 1. The van der Waals surface area contributed by atoms with Crippen molar-refractivity contribution in [3.8, 4) is 6.07 Å². The number of nitrogens with zero attached hydrogens (tertiary/aromatic N) is 1. The molecule has 1 aliphatic rings. The van der Waals surface area contributed by atoms with Crippen LogP contribution in [-0.4, -0.2) is 17.1 Å². The van der Waals surface area contributed by atoms with Crippen LogP contribution in [0.4, 0.5) is 10.1 Å². The van der Waals surface area contributed by atoms with Gasteiger partial charge in [-0.05, 0) is 46.8 Å². The van der Waals surface area contributed by atoms with Crippen LogP contribution in [0, 0.1) is 23.1 Å². The molecule has 1 unspecified atom stereocenters. The number of anilines is 1. The topological polar surface area (TPSA) is 73.1 Å². The van der Waals surface area contributed by atoms with Gasteiger partial charge in [0.2, 0.25) is 0 Å². The summed E-state index contributed by atoms with van der Waals surface area (Å²) in [5.74, 6) is -1.57. The summed E-state index contributed by atoms with van der Waals surface area (Å²) in [6.45, 7) is 0. The summed E-state index contributed by atoms with van der Waals surface area (Å²) < 4.78 is 14.0. The van der Waals surface area contributed by atoms with Crippen molar-refractivity contribution in [2.24, 2.45) is 5.92 Å². The zero-order valence-electron chi connectivity index (χ0n) is 9.28. The zero-order valence-corrected chi connectivity index (χ0v) is 10.9. The molecule has 0 aromatic heterocycles. The molecule has 1 atom stereocenters. The third kappa shape index (κ3) is 2.46. The van der Waals surface area contributed by atoms with E-state index in [1.807, 2.05) is 6.07 Å². The van der Waals surface area contributed by atoms with Crippen molar-refractivity contribution >= 4 is 27.6 Å². The van der Waals surface area contributed by atoms with Crippen molar-refractivity contribution in [3.63, 3.8) is 0 Å². The maximum atomic E-state index is 13.9. The Morgan fingerprint density at radius 2 is 2.28 bits per heavy atom. The molecule has 1 aliphatic carbocycles. The van der Waals surface area contributed by atoms with Gasteiger partial charge in [-0.1, -0.05) is 0 Å². The lowest BCUT2D eigenvalue weighted by molar-refractivity contribution is -0.138. The first-order valence-corrected chi connectivity index (χ1v) is 6.21. The van der Waals surface area contributed by atoms with Crippen molar-refractivity contribution in [2.75, 3.05) is 5.32 Å². The molecule has 1 aromatic rings. The second-order valence-electron chi connectivity index (χ2n) is 4.20. The molecule has 1 fully saturated rings. The van der Waals surface area contributed by atoms with Gasteiger partial charge in [0.05, 0.1) is 15.7 Å². The Balaban J connectivity index is 2.26. The third-order valence-corrected chi connectivity index (χ3v) is 3.65. The fraction of sp³-hybridized carbons (Fsp3) is 0.333. The smallest absolute Gasteiger partial charge is 0.326 e. The van der Waals surface area contributed by atoms with Crippen LogP contribution in [0.2, 0.25) is 0 Å². The number of nitrogens with one attached hydrogen (secondary N) is 1. The summed E-state index contributed by atoms with van der Waals surface area (Å²) in [4.78, 5) is 11.1. The van der Waals surface area contributed by atoms with E-state index in [2.05, 4.69) is 21.2 Å². The van der Waals surface area contributed by atoms with Gasteiger partial charge in [-0.25, -0.2) is 9.18 Å². The largest absolute Gasteiger partial charge is 0.480 e. The van der Waals surface area contributed by atoms with E-state index in [0.717, 1.165) is 12.8 Å². The Kier molecular flexibility index (Phi) is 3.53. The maximum Gasteiger partial charge on any atom is 0.326 e. The first kappa shape index (κ1) is 12.8. The molecule has 2 N–H and O–H groups in total. The number of hydrogen-bond acceptors (Lipinski definition) is 3. The Bertz CT molecular complexity index is 538. The SMILES string of the molecule is N#Cc1ccc(NC(C(=O)O)C2CC2)c(F)c1Br. The fourth-order valence-electron chi connectivity index (χ4n) is 1.73. The van der Waals surface area contributed by atoms with Gasteiger partial charge in [-0.15, -0.1) is 0 Å². The van der Waals surface area contributed by atoms with Crippen LogP contribution in [-0.2, 0) is 4.79 Å². The third-order valence-electron chi connectivity index (χ3n) is 2.87. The summed E-state index contributed by atoms with van der Waals surface area (Å²) >= 11 is 2.99. The van der Waals surface area contributed by atoms with E-state index in [4.69, 9.17) is 10.4 Å². The van der Waals surface area contributed by atoms with Gasteiger partial charge < -0.3 is 10.4 Å². The second kappa shape index (κ2) is 4.94. The first-order valence-electron chi connectivity index (χ1n) is 5.42. The lowest BCUT2D eigenvalue weighted by atomic mass is 10.1. The number of rotatable bonds is 4. The average Bonchev–Trinajstić information content (AvgIpc) is 3.15. The quantitative estimate of drug-likeness (QED) is 0.896. The van der Waals surface area contributed by atoms with Crippen LogP contribution in [0.5, 0.6) is 0 Å². The molecule has 0 radical (unpaired) electrons. The summed E-state index contributed by atoms with van der Waals surface area (Å²) in [7, 11) is 0. The molecule has 0 aliphatic heterocycles. The van der Waals surface area contributed by atoms with Crippen LogP contribution in [0.3, 0.4) is 0 Å². The van der Waals surface area contributed by atoms with Gasteiger partial charge in [0.25, 0.3) is 0 Å². The Morgan fingerprint density at radius 1 is 1.61 bits per heavy atom. The summed E-state index contributed by atoms with van der Waals surface area (Å²) in [5.41, 5.74) is 0.275. The van der Waals surface area contributed by atoms with E-state index in [9.17, 15) is 9.18 Å². The first-order chi connectivity index (χ1) is 8.54. The molecule has 18 heavy (non-hydrogen) atoms. The molecule has 0 bridgehead atoms. The van der Waals surface area contributed by atoms with Gasteiger partial charge in [0, 0.05) is 0 Å². The molecule has 6 heteroatoms. The van der Waals surface area contributed by atoms with E-state index in [-0.39, 0.29) is 21.6 Å². The predicted molar refractivity (Wildman–Crippen MR) is 66.6 cm³/mol. The van der Waals surface area contributed by atoms with Gasteiger partial charge in [0.1, 0.15) is 12.1 Å². The van der Waals surface area contributed by atoms with Gasteiger partial charge in [0.15, 0.2) is 5.82 Å². The van der Waals surface area contributed by atoms with Crippen LogP contribution < -0.4 is 5.32 Å². The molecule has 4 nitrogen and oxygen atoms in total. The Morgan fingerprint density at radius 3 is 2.78 bits per heavy atom. The van der Waals surface area contributed by atoms with Gasteiger partial charge in [-0.3, -0.25) is 0 Å². The van der Waals surface area contributed by atoms with Crippen molar-refractivity contribution < 1.29 is 14.3 Å². The van der Waals surface area contributed by atoms with Crippen molar-refractivity contribution in [1.82, 2.24) is 0 Å². The Hall–Kier alpha value is -1.61. The summed E-state index contributed by atoms with van der Waals surface area (Å²) in [6.07, 6.45) is 1.67. The number of hydrogen-bond donors (Lipinski definition) is 2. The standard InChI is InChI=1S/C12H10BrFN2O2/c13-9-7(5-15)3-4-8(10(9)14)16-11(12(17)18)6-1-2-6/h3-4,6,11,16H,1-2H2,(H,17,18). The molecule has 0 spiro atoms. The number of nitriles is 1. The average molecular weight is 313 g/mol. The van der Waals surface area contributed by atoms with Crippen LogP contribution in [0.15, 0.2) is 16.6 Å². The van der Waals surface area contributed by atoms with Crippen LogP contribution in [0.25, 0.3) is 0 Å². The molecule has 0 amide bonds. The van der Waals surface area contributed by atoms with E-state index < -0.39 is 17.8 Å². The van der Waals surface area contributed by atoms with E-state index in [1.165, 1.54) is 12.1 Å². The molecular formula is C12H10BrFN2O2. The zero-order chi connectivity index (χ0) is 13.3. The van der Waals surface area contributed by atoms with Crippen LogP contribution in [0.1, 0.15) is 18.4 Å². The number of carboxylic acids is 1. The summed E-state index contributed by atoms with van der Waals surface area (Å²) in [6, 6.07) is 3.90. The molecule has 0 saturated heterocycles. The fourth-order valence-corrected chi connectivity index (χ4v) is 2.16. The van der Waals surface area contributed by atoms with Crippen molar-refractivity contribution in [3.05, 3.63) is 28.0 Å². The monoisotopic (exact) mass is 312 g/mol.